The van der Waals surface area contributed by atoms with E-state index in [0.29, 0.717) is 53.8 Å². The molecular weight excluding hydrogens is 595 g/mol. The number of methoxy groups -OCH3 is 1. The summed E-state index contributed by atoms with van der Waals surface area (Å²) in [5.41, 5.74) is 2.48. The Hall–Kier alpha value is -3.66. The lowest BCUT2D eigenvalue weighted by Crippen LogP contribution is -2.48. The van der Waals surface area contributed by atoms with Gasteiger partial charge in [-0.2, -0.15) is 0 Å². The highest BCUT2D eigenvalue weighted by Gasteiger charge is 2.30. The number of nitrogens with zero attached hydrogens (tertiary/aromatic N) is 3. The maximum absolute atomic E-state index is 13.1. The Morgan fingerprint density at radius 2 is 1.90 bits per heavy atom. The van der Waals surface area contributed by atoms with E-state index in [0.717, 1.165) is 15.6 Å². The molecule has 2 amide bonds. The number of benzene rings is 2. The van der Waals surface area contributed by atoms with Crippen molar-refractivity contribution >= 4 is 68.5 Å². The van der Waals surface area contributed by atoms with Crippen molar-refractivity contribution in [3.63, 3.8) is 0 Å². The predicted molar refractivity (Wildman–Crippen MR) is 166 cm³/mol. The summed E-state index contributed by atoms with van der Waals surface area (Å²) in [7, 11) is 1.30. The minimum Gasteiger partial charge on any atom is -0.467 e. The normalized spacial score (nSPS) is 14.8. The van der Waals surface area contributed by atoms with Gasteiger partial charge in [0, 0.05) is 44.2 Å². The number of imidazole rings is 1. The summed E-state index contributed by atoms with van der Waals surface area (Å²) in [6.07, 6.45) is 7.92. The average molecular weight is 626 g/mol. The molecule has 8 nitrogen and oxygen atoms in total. The minimum absolute atomic E-state index is 0.162. The topological polar surface area (TPSA) is 93.5 Å². The third kappa shape index (κ3) is 7.03. The number of carbonyl (C=O) groups is 3. The first-order valence-corrected chi connectivity index (χ1v) is 15.2. The van der Waals surface area contributed by atoms with Gasteiger partial charge in [-0.1, -0.05) is 53.5 Å². The van der Waals surface area contributed by atoms with Crippen molar-refractivity contribution < 1.29 is 19.1 Å². The van der Waals surface area contributed by atoms with Gasteiger partial charge < -0.3 is 19.5 Å². The van der Waals surface area contributed by atoms with Gasteiger partial charge in [-0.05, 0) is 52.9 Å². The van der Waals surface area contributed by atoms with Gasteiger partial charge in [0.25, 0.3) is 0 Å². The largest absolute Gasteiger partial charge is 0.467 e. The Morgan fingerprint density at radius 1 is 1.14 bits per heavy atom. The third-order valence-electron chi connectivity index (χ3n) is 7.35. The van der Waals surface area contributed by atoms with Crippen molar-refractivity contribution in [2.45, 2.75) is 31.8 Å². The van der Waals surface area contributed by atoms with Crippen LogP contribution < -0.4 is 5.32 Å². The Morgan fingerprint density at radius 3 is 2.64 bits per heavy atom. The highest BCUT2D eigenvalue weighted by molar-refractivity contribution is 7.18. The highest BCUT2D eigenvalue weighted by atomic mass is 35.5. The number of likely N-dealkylation sites (tertiary alicyclic amines) is 1. The van der Waals surface area contributed by atoms with Crippen molar-refractivity contribution in [3.8, 4) is 0 Å². The summed E-state index contributed by atoms with van der Waals surface area (Å²) < 4.78 is 7.81. The lowest BCUT2D eigenvalue weighted by atomic mass is 9.95. The number of carbonyl (C=O) groups excluding carboxylic acids is 3. The van der Waals surface area contributed by atoms with Gasteiger partial charge in [-0.3, -0.25) is 9.59 Å². The van der Waals surface area contributed by atoms with Gasteiger partial charge in [0.15, 0.2) is 0 Å². The first kappa shape index (κ1) is 29.8. The number of aromatic nitrogens is 2. The molecule has 1 aliphatic rings. The molecule has 0 saturated carbocycles. The maximum Gasteiger partial charge on any atom is 0.328 e. The molecule has 1 atom stereocenters. The van der Waals surface area contributed by atoms with E-state index >= 15 is 0 Å². The van der Waals surface area contributed by atoms with E-state index in [1.54, 1.807) is 17.3 Å². The summed E-state index contributed by atoms with van der Waals surface area (Å²) in [6.45, 7) is 1.50. The Labute approximate surface area is 257 Å². The average Bonchev–Trinajstić information content (AvgIpc) is 3.67. The number of thiophene rings is 1. The number of rotatable bonds is 9. The number of piperidine rings is 1. The fraction of sp³-hybridized carbons (Fsp3) is 0.290. The van der Waals surface area contributed by atoms with E-state index in [1.807, 2.05) is 58.6 Å². The number of hydrogen-bond donors (Lipinski definition) is 1. The molecule has 4 aromatic rings. The standard InChI is InChI=1S/C31H30Cl2N4O4S/c1-41-31(40)25(16-24-18-36(19-34-24)17-20-5-3-2-4-6-20)35-30(39)21-9-12-37(13-10-21)26(38)8-7-22-15-23-11-14-42-29(23)28(33)27(22)32/h2-8,11,14-15,18-19,21,25H,9-10,12-13,16-17H2,1H3,(H,35,39)/b8-7+/t25-/m0/s1. The number of nitrogens with one attached hydrogen (secondary N) is 1. The quantitative estimate of drug-likeness (QED) is 0.193. The van der Waals surface area contributed by atoms with Gasteiger partial charge in [0.2, 0.25) is 11.8 Å². The molecule has 42 heavy (non-hydrogen) atoms. The number of fused-ring (bicyclic) bond motifs is 1. The fourth-order valence-electron chi connectivity index (χ4n) is 5.05. The van der Waals surface area contributed by atoms with Crippen LogP contribution in [-0.4, -0.2) is 58.5 Å². The van der Waals surface area contributed by atoms with Crippen molar-refractivity contribution in [2.75, 3.05) is 20.2 Å². The number of ether oxygens (including phenoxy) is 1. The summed E-state index contributed by atoms with van der Waals surface area (Å²) in [5, 5.41) is 6.66. The Balaban J connectivity index is 1.15. The zero-order valence-corrected chi connectivity index (χ0v) is 25.3. The van der Waals surface area contributed by atoms with Crippen LogP contribution in [0.3, 0.4) is 0 Å². The van der Waals surface area contributed by atoms with Crippen molar-refractivity contribution in [1.82, 2.24) is 19.8 Å². The molecule has 2 aromatic carbocycles. The van der Waals surface area contributed by atoms with E-state index in [4.69, 9.17) is 27.9 Å². The molecule has 0 bridgehead atoms. The maximum atomic E-state index is 13.1. The van der Waals surface area contributed by atoms with E-state index in [9.17, 15) is 14.4 Å². The van der Waals surface area contributed by atoms with Crippen molar-refractivity contribution in [1.29, 1.82) is 0 Å². The summed E-state index contributed by atoms with van der Waals surface area (Å²) in [5.74, 6) is -1.25. The van der Waals surface area contributed by atoms with Crippen LogP contribution in [0.4, 0.5) is 0 Å². The second kappa shape index (κ2) is 13.5. The Bertz CT molecular complexity index is 1610. The lowest BCUT2D eigenvalue weighted by molar-refractivity contribution is -0.145. The molecule has 0 unspecified atom stereocenters. The molecule has 5 rings (SSSR count). The van der Waals surface area contributed by atoms with Crippen LogP contribution in [0.1, 0.15) is 29.7 Å². The first-order valence-electron chi connectivity index (χ1n) is 13.6. The van der Waals surface area contributed by atoms with Crippen LogP contribution in [-0.2, 0) is 32.1 Å². The molecule has 1 saturated heterocycles. The molecular formula is C31H30Cl2N4O4S. The molecule has 0 radical (unpaired) electrons. The SMILES string of the molecule is COC(=O)[C@H](Cc1cn(Cc2ccccc2)cn1)NC(=O)C1CCN(C(=O)/C=C/c2cc3ccsc3c(Cl)c2Cl)CC1. The smallest absolute Gasteiger partial charge is 0.328 e. The van der Waals surface area contributed by atoms with Crippen LogP contribution in [0.25, 0.3) is 16.2 Å². The van der Waals surface area contributed by atoms with E-state index in [1.165, 1.54) is 24.5 Å². The molecule has 3 heterocycles. The van der Waals surface area contributed by atoms with Crippen LogP contribution >= 0.6 is 34.5 Å². The van der Waals surface area contributed by atoms with Crippen molar-refractivity contribution in [2.24, 2.45) is 5.92 Å². The molecule has 11 heteroatoms. The van der Waals surface area contributed by atoms with Gasteiger partial charge in [-0.15, -0.1) is 11.3 Å². The second-order valence-electron chi connectivity index (χ2n) is 10.2. The first-order chi connectivity index (χ1) is 20.3. The molecule has 0 spiro atoms. The number of esters is 1. The van der Waals surface area contributed by atoms with Crippen LogP contribution in [0.2, 0.25) is 10.0 Å². The molecule has 2 aromatic heterocycles. The summed E-state index contributed by atoms with van der Waals surface area (Å²) >= 11 is 14.3. The van der Waals surface area contributed by atoms with Gasteiger partial charge in [-0.25, -0.2) is 9.78 Å². The van der Waals surface area contributed by atoms with E-state index < -0.39 is 12.0 Å². The number of hydrogen-bond acceptors (Lipinski definition) is 6. The third-order valence-corrected chi connectivity index (χ3v) is 9.29. The van der Waals surface area contributed by atoms with Crippen LogP contribution in [0.5, 0.6) is 0 Å². The molecule has 0 aliphatic carbocycles. The second-order valence-corrected chi connectivity index (χ2v) is 11.8. The van der Waals surface area contributed by atoms with Gasteiger partial charge in [0.05, 0.1) is 33.9 Å². The zero-order chi connectivity index (χ0) is 29.6. The zero-order valence-electron chi connectivity index (χ0n) is 23.0. The predicted octanol–water partition coefficient (Wildman–Crippen LogP) is 5.61. The monoisotopic (exact) mass is 624 g/mol. The lowest BCUT2D eigenvalue weighted by Gasteiger charge is -2.31. The van der Waals surface area contributed by atoms with Crippen molar-refractivity contribution in [3.05, 3.63) is 93.3 Å². The van der Waals surface area contributed by atoms with E-state index in [-0.39, 0.29) is 24.2 Å². The van der Waals surface area contributed by atoms with Crippen LogP contribution in [0.15, 0.2) is 66.4 Å². The molecule has 1 N–H and O–H groups in total. The van der Waals surface area contributed by atoms with Gasteiger partial charge >= 0.3 is 5.97 Å². The van der Waals surface area contributed by atoms with Crippen LogP contribution in [0, 0.1) is 5.92 Å². The molecule has 1 aliphatic heterocycles. The fourth-order valence-corrected chi connectivity index (χ4v) is 6.48. The highest BCUT2D eigenvalue weighted by Crippen LogP contribution is 2.37. The number of halogens is 2. The molecule has 1 fully saturated rings. The summed E-state index contributed by atoms with van der Waals surface area (Å²) in [4.78, 5) is 44.6. The minimum atomic E-state index is -0.859. The Kier molecular flexibility index (Phi) is 9.62. The van der Waals surface area contributed by atoms with Gasteiger partial charge in [0.1, 0.15) is 6.04 Å². The van der Waals surface area contributed by atoms with E-state index in [2.05, 4.69) is 10.3 Å². The number of amides is 2. The molecule has 218 valence electrons. The summed E-state index contributed by atoms with van der Waals surface area (Å²) in [6, 6.07) is 13.0.